The largest absolute Gasteiger partial charge is 0.493 e. The summed E-state index contributed by atoms with van der Waals surface area (Å²) in [5, 5.41) is 12.0. The summed E-state index contributed by atoms with van der Waals surface area (Å²) in [6.07, 6.45) is 1.31. The van der Waals surface area contributed by atoms with Crippen LogP contribution in [-0.4, -0.2) is 33.3 Å². The minimum absolute atomic E-state index is 0.0733. The van der Waals surface area contributed by atoms with Crippen molar-refractivity contribution in [3.8, 4) is 29.1 Å². The zero-order valence-electron chi connectivity index (χ0n) is 16.6. The number of amides is 1. The molecular weight excluding hydrogens is 398 g/mol. The molecule has 0 saturated carbocycles. The molecule has 2 aromatic carbocycles. The number of ether oxygens (including phenoxy) is 4. The van der Waals surface area contributed by atoms with E-state index in [1.165, 1.54) is 38.5 Å². The number of nitriles is 1. The van der Waals surface area contributed by atoms with Gasteiger partial charge in [-0.2, -0.15) is 14.0 Å². The summed E-state index contributed by atoms with van der Waals surface area (Å²) in [7, 11) is 2.95. The Bertz CT molecular complexity index is 970. The Morgan fingerprint density at radius 1 is 1.10 bits per heavy atom. The van der Waals surface area contributed by atoms with Crippen molar-refractivity contribution in [2.75, 3.05) is 26.1 Å². The molecule has 0 aliphatic heterocycles. The number of hydrogen-bond acceptors (Lipinski definition) is 6. The fraction of sp³-hybridized carbons (Fsp3) is 0.238. The van der Waals surface area contributed by atoms with Crippen molar-refractivity contribution in [3.63, 3.8) is 0 Å². The lowest BCUT2D eigenvalue weighted by Gasteiger charge is -2.12. The molecule has 0 aromatic heterocycles. The van der Waals surface area contributed by atoms with Crippen LogP contribution >= 0.6 is 0 Å². The van der Waals surface area contributed by atoms with E-state index < -0.39 is 12.5 Å². The quantitative estimate of drug-likeness (QED) is 0.484. The van der Waals surface area contributed by atoms with E-state index in [2.05, 4.69) is 10.1 Å². The summed E-state index contributed by atoms with van der Waals surface area (Å²) < 4.78 is 45.1. The Kier molecular flexibility index (Phi) is 7.99. The first kappa shape index (κ1) is 22.5. The summed E-state index contributed by atoms with van der Waals surface area (Å²) in [6, 6.07) is 10.7. The first-order valence-corrected chi connectivity index (χ1v) is 8.78. The minimum atomic E-state index is -3.01. The van der Waals surface area contributed by atoms with Crippen LogP contribution in [0.2, 0.25) is 0 Å². The molecule has 30 heavy (non-hydrogen) atoms. The topological polar surface area (TPSA) is 89.8 Å². The normalized spacial score (nSPS) is 10.9. The van der Waals surface area contributed by atoms with Crippen molar-refractivity contribution in [2.45, 2.75) is 13.5 Å². The van der Waals surface area contributed by atoms with E-state index in [4.69, 9.17) is 14.2 Å². The molecule has 1 N–H and O–H groups in total. The van der Waals surface area contributed by atoms with Crippen LogP contribution in [0.4, 0.5) is 14.5 Å². The van der Waals surface area contributed by atoms with Gasteiger partial charge in [-0.15, -0.1) is 0 Å². The zero-order valence-corrected chi connectivity index (χ0v) is 16.6. The smallest absolute Gasteiger partial charge is 0.387 e. The predicted octanol–water partition coefficient (Wildman–Crippen LogP) is 4.25. The number of methoxy groups -OCH3 is 2. The molecule has 0 aliphatic rings. The van der Waals surface area contributed by atoms with Gasteiger partial charge in [-0.05, 0) is 42.8 Å². The van der Waals surface area contributed by atoms with E-state index in [1.54, 1.807) is 25.1 Å². The molecule has 0 spiro atoms. The molecule has 0 bridgehead atoms. The number of benzene rings is 2. The molecule has 0 atom stereocenters. The molecule has 0 radical (unpaired) electrons. The number of anilines is 1. The number of carbonyl (C=O) groups excluding carboxylic acids is 1. The highest BCUT2D eigenvalue weighted by atomic mass is 19.3. The lowest BCUT2D eigenvalue weighted by Crippen LogP contribution is -2.13. The summed E-state index contributed by atoms with van der Waals surface area (Å²) >= 11 is 0. The first-order valence-electron chi connectivity index (χ1n) is 8.78. The lowest BCUT2D eigenvalue weighted by molar-refractivity contribution is -0.112. The molecule has 9 heteroatoms. The number of rotatable bonds is 9. The van der Waals surface area contributed by atoms with Crippen molar-refractivity contribution >= 4 is 17.7 Å². The monoisotopic (exact) mass is 418 g/mol. The molecule has 0 fully saturated rings. The highest BCUT2D eigenvalue weighted by molar-refractivity contribution is 6.09. The van der Waals surface area contributed by atoms with Gasteiger partial charge in [-0.3, -0.25) is 4.79 Å². The van der Waals surface area contributed by atoms with Crippen molar-refractivity contribution in [3.05, 3.63) is 47.5 Å². The van der Waals surface area contributed by atoms with Gasteiger partial charge >= 0.3 is 6.61 Å². The Labute approximate surface area is 172 Å². The first-order chi connectivity index (χ1) is 14.4. The van der Waals surface area contributed by atoms with Crippen molar-refractivity contribution in [1.82, 2.24) is 0 Å². The molecular formula is C21H20F2N2O5. The molecule has 2 rings (SSSR count). The van der Waals surface area contributed by atoms with Crippen LogP contribution in [0.15, 0.2) is 42.0 Å². The third-order valence-electron chi connectivity index (χ3n) is 3.80. The van der Waals surface area contributed by atoms with Crippen molar-refractivity contribution < 1.29 is 32.5 Å². The van der Waals surface area contributed by atoms with Crippen LogP contribution in [0, 0.1) is 11.3 Å². The Morgan fingerprint density at radius 2 is 1.80 bits per heavy atom. The van der Waals surface area contributed by atoms with E-state index in [0.29, 0.717) is 22.7 Å². The van der Waals surface area contributed by atoms with E-state index in [-0.39, 0.29) is 23.7 Å². The maximum absolute atomic E-state index is 12.5. The van der Waals surface area contributed by atoms with Gasteiger partial charge in [0, 0.05) is 11.8 Å². The molecule has 158 valence electrons. The van der Waals surface area contributed by atoms with Gasteiger partial charge in [0.05, 0.1) is 20.8 Å². The summed E-state index contributed by atoms with van der Waals surface area (Å²) in [5.74, 6) is 0.173. The summed E-state index contributed by atoms with van der Waals surface area (Å²) in [4.78, 5) is 12.5. The lowest BCUT2D eigenvalue weighted by atomic mass is 10.1. The Balaban J connectivity index is 2.27. The number of alkyl halides is 2. The Hall–Kier alpha value is -3.80. The highest BCUT2D eigenvalue weighted by Crippen LogP contribution is 2.31. The second-order valence-corrected chi connectivity index (χ2v) is 5.71. The fourth-order valence-corrected chi connectivity index (χ4v) is 2.50. The average molecular weight is 418 g/mol. The van der Waals surface area contributed by atoms with Gasteiger partial charge in [0.25, 0.3) is 5.91 Å². The van der Waals surface area contributed by atoms with Crippen LogP contribution in [0.5, 0.6) is 23.0 Å². The second-order valence-electron chi connectivity index (χ2n) is 5.71. The van der Waals surface area contributed by atoms with Gasteiger partial charge in [0.15, 0.2) is 23.0 Å². The van der Waals surface area contributed by atoms with E-state index in [0.717, 1.165) is 0 Å². The third kappa shape index (κ3) is 5.85. The summed E-state index contributed by atoms with van der Waals surface area (Å²) in [5.41, 5.74) is 0.600. The molecule has 0 unspecified atom stereocenters. The molecule has 0 heterocycles. The van der Waals surface area contributed by atoms with Gasteiger partial charge in [0.2, 0.25) is 0 Å². The zero-order chi connectivity index (χ0) is 22.1. The second kappa shape index (κ2) is 10.7. The maximum atomic E-state index is 12.5. The van der Waals surface area contributed by atoms with Crippen molar-refractivity contribution in [2.24, 2.45) is 0 Å². The van der Waals surface area contributed by atoms with Crippen LogP contribution in [0.25, 0.3) is 6.08 Å². The number of halogens is 2. The molecule has 2 aromatic rings. The third-order valence-corrected chi connectivity index (χ3v) is 3.80. The van der Waals surface area contributed by atoms with Gasteiger partial charge in [-0.1, -0.05) is 6.07 Å². The van der Waals surface area contributed by atoms with Gasteiger partial charge in [-0.25, -0.2) is 0 Å². The van der Waals surface area contributed by atoms with Gasteiger partial charge < -0.3 is 24.3 Å². The fourth-order valence-electron chi connectivity index (χ4n) is 2.50. The number of hydrogen-bond donors (Lipinski definition) is 1. The van der Waals surface area contributed by atoms with Crippen LogP contribution in [0.1, 0.15) is 12.5 Å². The standard InChI is InChI=1S/C21H20F2N2O5/c1-4-29-19-10-13(5-7-17(19)30-21(22)23)9-14(12-24)20(26)25-15-6-8-16(27-2)18(11-15)28-3/h5-11,21H,4H2,1-3H3,(H,25,26)/b14-9-. The van der Waals surface area contributed by atoms with E-state index >= 15 is 0 Å². The molecule has 1 amide bonds. The van der Waals surface area contributed by atoms with Crippen molar-refractivity contribution in [1.29, 1.82) is 5.26 Å². The van der Waals surface area contributed by atoms with Crippen LogP contribution < -0.4 is 24.3 Å². The van der Waals surface area contributed by atoms with E-state index in [9.17, 15) is 18.8 Å². The summed E-state index contributed by atoms with van der Waals surface area (Å²) in [6.45, 7) is -1.10. The van der Waals surface area contributed by atoms with E-state index in [1.807, 2.05) is 6.07 Å². The molecule has 0 aliphatic carbocycles. The van der Waals surface area contributed by atoms with Gasteiger partial charge in [0.1, 0.15) is 11.6 Å². The highest BCUT2D eigenvalue weighted by Gasteiger charge is 2.14. The molecule has 0 saturated heterocycles. The predicted molar refractivity (Wildman–Crippen MR) is 106 cm³/mol. The maximum Gasteiger partial charge on any atom is 0.387 e. The number of nitrogens with one attached hydrogen (secondary N) is 1. The Morgan fingerprint density at radius 3 is 2.40 bits per heavy atom. The molecule has 7 nitrogen and oxygen atoms in total. The van der Waals surface area contributed by atoms with Crippen LogP contribution in [-0.2, 0) is 4.79 Å². The minimum Gasteiger partial charge on any atom is -0.493 e. The average Bonchev–Trinajstić information content (AvgIpc) is 2.73. The number of nitrogens with zero attached hydrogens (tertiary/aromatic N) is 1. The SMILES string of the molecule is CCOc1cc(/C=C(/C#N)C(=O)Nc2ccc(OC)c(OC)c2)ccc1OC(F)F. The van der Waals surface area contributed by atoms with Crippen LogP contribution in [0.3, 0.4) is 0 Å². The number of carbonyl (C=O) groups is 1.